The molecule has 1 saturated carbocycles. The second-order valence-electron chi connectivity index (χ2n) is 9.11. The molecule has 0 radical (unpaired) electrons. The summed E-state index contributed by atoms with van der Waals surface area (Å²) in [4.78, 5) is 44.4. The van der Waals surface area contributed by atoms with Gasteiger partial charge in [-0.3, -0.25) is 19.1 Å². The number of fused-ring (bicyclic) bond motifs is 1. The van der Waals surface area contributed by atoms with Gasteiger partial charge in [-0.2, -0.15) is 13.2 Å². The molecular weight excluding hydrogens is 512 g/mol. The molecule has 12 heteroatoms. The molecule has 192 valence electrons. The molecule has 0 aliphatic heterocycles. The maximum atomic E-state index is 13.9. The highest BCUT2D eigenvalue weighted by molar-refractivity contribution is 7.14. The monoisotopic (exact) mass is 532 g/mol. The molecular formula is C25H20F4N4O3S. The lowest BCUT2D eigenvalue weighted by Crippen LogP contribution is -2.31. The SMILES string of the molecule is CC1CC1Cn1c(=O)[nH]c(=O)c2c(CC(=O)Nc3nc(-c4ccc(C(F)(F)F)c(F)c4)cs3)cccc21. The minimum Gasteiger partial charge on any atom is -0.302 e. The maximum absolute atomic E-state index is 13.9. The normalized spacial score (nSPS) is 17.2. The number of hydrogen-bond donors (Lipinski definition) is 2. The van der Waals surface area contributed by atoms with Crippen molar-refractivity contribution < 1.29 is 22.4 Å². The van der Waals surface area contributed by atoms with Crippen molar-refractivity contribution in [3.05, 3.63) is 79.6 Å². The molecule has 4 aromatic rings. The van der Waals surface area contributed by atoms with Crippen molar-refractivity contribution in [2.75, 3.05) is 5.32 Å². The molecule has 2 aromatic heterocycles. The Labute approximate surface area is 210 Å². The van der Waals surface area contributed by atoms with E-state index in [9.17, 15) is 31.9 Å². The summed E-state index contributed by atoms with van der Waals surface area (Å²) in [6.45, 7) is 2.58. The minimum atomic E-state index is -4.81. The molecule has 5 rings (SSSR count). The van der Waals surface area contributed by atoms with Crippen molar-refractivity contribution in [2.45, 2.75) is 32.5 Å². The molecule has 7 nitrogen and oxygen atoms in total. The number of carbonyl (C=O) groups is 1. The summed E-state index contributed by atoms with van der Waals surface area (Å²) in [6, 6.07) is 7.48. The standard InChI is InChI=1S/C25H20F4N4O3S/c1-12-7-15(12)10-33-19-4-2-3-14(21(19)22(35)32-24(33)36)9-20(34)31-23-30-18(11-37-23)13-5-6-16(17(26)8-13)25(27,28)29/h2-6,8,11-12,15H,7,9-10H2,1H3,(H,30,31,34)(H,32,35,36). The third-order valence-electron chi connectivity index (χ3n) is 6.48. The lowest BCUT2D eigenvalue weighted by Gasteiger charge is -2.12. The van der Waals surface area contributed by atoms with Gasteiger partial charge in [-0.1, -0.05) is 25.1 Å². The van der Waals surface area contributed by atoms with Crippen molar-refractivity contribution in [1.29, 1.82) is 0 Å². The van der Waals surface area contributed by atoms with Gasteiger partial charge in [0.2, 0.25) is 5.91 Å². The smallest absolute Gasteiger partial charge is 0.302 e. The van der Waals surface area contributed by atoms with Gasteiger partial charge in [0.05, 0.1) is 28.6 Å². The van der Waals surface area contributed by atoms with E-state index in [1.807, 2.05) is 0 Å². The molecule has 2 atom stereocenters. The van der Waals surface area contributed by atoms with Gasteiger partial charge in [-0.25, -0.2) is 14.2 Å². The molecule has 0 bridgehead atoms. The molecule has 37 heavy (non-hydrogen) atoms. The number of amides is 1. The van der Waals surface area contributed by atoms with E-state index in [4.69, 9.17) is 0 Å². The second kappa shape index (κ2) is 9.25. The van der Waals surface area contributed by atoms with Crippen LogP contribution in [0.25, 0.3) is 22.2 Å². The number of aromatic nitrogens is 3. The third kappa shape index (κ3) is 5.06. The van der Waals surface area contributed by atoms with E-state index in [0.717, 1.165) is 29.9 Å². The largest absolute Gasteiger partial charge is 0.419 e. The lowest BCUT2D eigenvalue weighted by atomic mass is 10.1. The summed E-state index contributed by atoms with van der Waals surface area (Å²) in [7, 11) is 0. The van der Waals surface area contributed by atoms with Crippen LogP contribution >= 0.6 is 11.3 Å². The molecule has 0 saturated heterocycles. The highest BCUT2D eigenvalue weighted by Crippen LogP contribution is 2.39. The van der Waals surface area contributed by atoms with E-state index in [1.165, 1.54) is 9.95 Å². The Morgan fingerprint density at radius 1 is 1.24 bits per heavy atom. The number of anilines is 1. The van der Waals surface area contributed by atoms with E-state index < -0.39 is 34.7 Å². The van der Waals surface area contributed by atoms with E-state index in [2.05, 4.69) is 22.2 Å². The van der Waals surface area contributed by atoms with Gasteiger partial charge >= 0.3 is 11.9 Å². The zero-order valence-corrected chi connectivity index (χ0v) is 20.2. The Kier molecular flexibility index (Phi) is 6.22. The van der Waals surface area contributed by atoms with Crippen LogP contribution in [-0.2, 0) is 23.9 Å². The van der Waals surface area contributed by atoms with Crippen molar-refractivity contribution in [1.82, 2.24) is 14.5 Å². The zero-order valence-electron chi connectivity index (χ0n) is 19.4. The van der Waals surface area contributed by atoms with Crippen molar-refractivity contribution in [3.63, 3.8) is 0 Å². The van der Waals surface area contributed by atoms with Crippen LogP contribution in [0.15, 0.2) is 51.4 Å². The van der Waals surface area contributed by atoms with Crippen LogP contribution in [0.2, 0.25) is 0 Å². The first-order valence-electron chi connectivity index (χ1n) is 11.4. The maximum Gasteiger partial charge on any atom is 0.419 e. The van der Waals surface area contributed by atoms with E-state index >= 15 is 0 Å². The number of H-pyrrole nitrogens is 1. The average Bonchev–Trinajstić information content (AvgIpc) is 3.31. The Bertz CT molecular complexity index is 1640. The first-order valence-corrected chi connectivity index (χ1v) is 12.3. The van der Waals surface area contributed by atoms with Gasteiger partial charge in [-0.15, -0.1) is 11.3 Å². The van der Waals surface area contributed by atoms with Crippen molar-refractivity contribution in [2.24, 2.45) is 11.8 Å². The van der Waals surface area contributed by atoms with Crippen LogP contribution in [0.5, 0.6) is 0 Å². The molecule has 1 fully saturated rings. The molecule has 1 amide bonds. The summed E-state index contributed by atoms with van der Waals surface area (Å²) < 4.78 is 53.9. The highest BCUT2D eigenvalue weighted by atomic mass is 32.1. The summed E-state index contributed by atoms with van der Waals surface area (Å²) in [5.74, 6) is -1.04. The summed E-state index contributed by atoms with van der Waals surface area (Å²) in [5, 5.41) is 4.50. The average molecular weight is 533 g/mol. The van der Waals surface area contributed by atoms with Gasteiger partial charge < -0.3 is 5.32 Å². The molecule has 2 N–H and O–H groups in total. The second-order valence-corrected chi connectivity index (χ2v) is 9.97. The number of alkyl halides is 3. The first-order chi connectivity index (χ1) is 17.5. The third-order valence-corrected chi connectivity index (χ3v) is 7.23. The zero-order chi connectivity index (χ0) is 26.5. The number of halogens is 4. The van der Waals surface area contributed by atoms with Crippen LogP contribution in [0.1, 0.15) is 24.5 Å². The fraction of sp³-hybridized carbons (Fsp3) is 0.280. The molecule has 1 aliphatic carbocycles. The Morgan fingerprint density at radius 3 is 2.68 bits per heavy atom. The number of hydrogen-bond acceptors (Lipinski definition) is 5. The summed E-state index contributed by atoms with van der Waals surface area (Å²) >= 11 is 1.02. The summed E-state index contributed by atoms with van der Waals surface area (Å²) in [5.41, 5.74) is -1.23. The van der Waals surface area contributed by atoms with Gasteiger partial charge in [-0.05, 0) is 42.0 Å². The topological polar surface area (TPSA) is 96.9 Å². The van der Waals surface area contributed by atoms with E-state index in [1.54, 1.807) is 18.2 Å². The lowest BCUT2D eigenvalue weighted by molar-refractivity contribution is -0.140. The number of rotatable bonds is 6. The molecule has 2 aromatic carbocycles. The number of carbonyl (C=O) groups excluding carboxylic acids is 1. The van der Waals surface area contributed by atoms with Gasteiger partial charge in [0, 0.05) is 17.5 Å². The number of nitrogens with zero attached hydrogens (tertiary/aromatic N) is 2. The van der Waals surface area contributed by atoms with Crippen LogP contribution in [0.4, 0.5) is 22.7 Å². The number of nitrogens with one attached hydrogen (secondary N) is 2. The highest BCUT2D eigenvalue weighted by Gasteiger charge is 2.34. The quantitative estimate of drug-likeness (QED) is 0.349. The van der Waals surface area contributed by atoms with Crippen molar-refractivity contribution >= 4 is 33.3 Å². The summed E-state index contributed by atoms with van der Waals surface area (Å²) in [6.07, 6.45) is -3.98. The minimum absolute atomic E-state index is 0.130. The fourth-order valence-electron chi connectivity index (χ4n) is 4.33. The molecule has 2 unspecified atom stereocenters. The first kappa shape index (κ1) is 24.9. The molecule has 0 spiro atoms. The van der Waals surface area contributed by atoms with Crippen LogP contribution in [-0.4, -0.2) is 20.4 Å². The molecule has 1 aliphatic rings. The predicted octanol–water partition coefficient (Wildman–Crippen LogP) is 4.81. The fourth-order valence-corrected chi connectivity index (χ4v) is 5.07. The van der Waals surface area contributed by atoms with Crippen LogP contribution in [0, 0.1) is 17.7 Å². The van der Waals surface area contributed by atoms with Crippen LogP contribution < -0.4 is 16.6 Å². The number of thiazole rings is 1. The van der Waals surface area contributed by atoms with Gasteiger partial charge in [0.1, 0.15) is 5.82 Å². The number of benzene rings is 2. The van der Waals surface area contributed by atoms with Gasteiger partial charge in [0.25, 0.3) is 5.56 Å². The van der Waals surface area contributed by atoms with Crippen LogP contribution in [0.3, 0.4) is 0 Å². The van der Waals surface area contributed by atoms with Gasteiger partial charge in [0.15, 0.2) is 5.13 Å². The molecule has 2 heterocycles. The Morgan fingerprint density at radius 2 is 2.00 bits per heavy atom. The van der Waals surface area contributed by atoms with Crippen molar-refractivity contribution in [3.8, 4) is 11.3 Å². The predicted molar refractivity (Wildman–Crippen MR) is 131 cm³/mol. The number of aromatic amines is 1. The van der Waals surface area contributed by atoms with E-state index in [0.29, 0.717) is 35.5 Å². The Balaban J connectivity index is 1.36. The Hall–Kier alpha value is -3.80. The van der Waals surface area contributed by atoms with E-state index in [-0.39, 0.29) is 28.2 Å².